The molecule has 0 spiro atoms. The first-order chi connectivity index (χ1) is 9.17. The Morgan fingerprint density at radius 2 is 2.11 bits per heavy atom. The van der Waals surface area contributed by atoms with E-state index in [2.05, 4.69) is 16.7 Å². The number of carbonyl (C=O) groups excluding carboxylic acids is 2. The number of hydrogen-bond acceptors (Lipinski definition) is 3. The van der Waals surface area contributed by atoms with Gasteiger partial charge in [-0.05, 0) is 43.6 Å². The van der Waals surface area contributed by atoms with Crippen LogP contribution in [0.4, 0.5) is 10.5 Å². The molecule has 1 aliphatic heterocycles. The smallest absolute Gasteiger partial charge is 0.328 e. The molecule has 0 radical (unpaired) electrons. The summed E-state index contributed by atoms with van der Waals surface area (Å²) in [4.78, 5) is 24.9. The maximum absolute atomic E-state index is 11.9. The second-order valence-corrected chi connectivity index (χ2v) is 4.60. The molecule has 19 heavy (non-hydrogen) atoms. The van der Waals surface area contributed by atoms with E-state index < -0.39 is 0 Å². The highest BCUT2D eigenvalue weighted by atomic mass is 16.2. The number of benzene rings is 1. The molecule has 1 aromatic rings. The topological polar surface area (TPSA) is 61.4 Å². The maximum Gasteiger partial charge on any atom is 0.328 e. The van der Waals surface area contributed by atoms with E-state index in [0.29, 0.717) is 18.5 Å². The zero-order chi connectivity index (χ0) is 13.8. The summed E-state index contributed by atoms with van der Waals surface area (Å²) in [6.07, 6.45) is 2.03. The number of rotatable bonds is 3. The van der Waals surface area contributed by atoms with Gasteiger partial charge in [0.05, 0.1) is 5.69 Å². The number of likely N-dealkylation sites (N-methyl/N-ethyl adjacent to an activating group) is 1. The zero-order valence-electron chi connectivity index (χ0n) is 11.3. The summed E-state index contributed by atoms with van der Waals surface area (Å²) < 4.78 is 0. The van der Waals surface area contributed by atoms with Crippen LogP contribution in [0.1, 0.15) is 17.5 Å². The lowest BCUT2D eigenvalue weighted by molar-refractivity contribution is -0.118. The molecule has 3 amide bonds. The van der Waals surface area contributed by atoms with Crippen molar-refractivity contribution >= 4 is 17.6 Å². The van der Waals surface area contributed by atoms with Crippen LogP contribution in [0.3, 0.4) is 0 Å². The Bertz CT molecular complexity index is 499. The van der Waals surface area contributed by atoms with Crippen LogP contribution in [-0.4, -0.2) is 32.6 Å². The molecule has 0 saturated carbocycles. The van der Waals surface area contributed by atoms with Crippen molar-refractivity contribution < 1.29 is 9.59 Å². The highest BCUT2D eigenvalue weighted by Crippen LogP contribution is 2.28. The van der Waals surface area contributed by atoms with Crippen LogP contribution in [0.2, 0.25) is 0 Å². The normalized spacial score (nSPS) is 14.2. The molecular formula is C14H19N3O2. The molecule has 0 fully saturated rings. The lowest BCUT2D eigenvalue weighted by atomic mass is 9.98. The maximum atomic E-state index is 11.9. The SMILES string of the molecule is CNCCc1ccc2c(c1)CCC(=O)N2C(=O)NC. The summed E-state index contributed by atoms with van der Waals surface area (Å²) in [5, 5.41) is 5.62. The van der Waals surface area contributed by atoms with Gasteiger partial charge in [0.25, 0.3) is 0 Å². The molecule has 5 heteroatoms. The number of nitrogens with zero attached hydrogens (tertiary/aromatic N) is 1. The van der Waals surface area contributed by atoms with E-state index in [-0.39, 0.29) is 11.9 Å². The number of amides is 3. The molecule has 0 aliphatic carbocycles. The fourth-order valence-corrected chi connectivity index (χ4v) is 2.30. The van der Waals surface area contributed by atoms with Crippen molar-refractivity contribution in [2.24, 2.45) is 0 Å². The summed E-state index contributed by atoms with van der Waals surface area (Å²) in [7, 11) is 3.45. The molecule has 2 N–H and O–H groups in total. The number of imide groups is 1. The molecule has 0 saturated heterocycles. The van der Waals surface area contributed by atoms with Crippen LogP contribution < -0.4 is 15.5 Å². The number of aryl methyl sites for hydroxylation is 1. The molecular weight excluding hydrogens is 242 g/mol. The summed E-state index contributed by atoms with van der Waals surface area (Å²) in [6, 6.07) is 5.57. The first-order valence-electron chi connectivity index (χ1n) is 6.48. The van der Waals surface area contributed by atoms with E-state index >= 15 is 0 Å². The van der Waals surface area contributed by atoms with Gasteiger partial charge in [0, 0.05) is 13.5 Å². The third kappa shape index (κ3) is 2.76. The van der Waals surface area contributed by atoms with Crippen LogP contribution in [0.5, 0.6) is 0 Å². The van der Waals surface area contributed by atoms with Crippen LogP contribution in [0.15, 0.2) is 18.2 Å². The Balaban J connectivity index is 2.30. The third-order valence-corrected chi connectivity index (χ3v) is 3.32. The third-order valence-electron chi connectivity index (χ3n) is 3.32. The van der Waals surface area contributed by atoms with Gasteiger partial charge in [-0.1, -0.05) is 12.1 Å². The number of urea groups is 1. The Labute approximate surface area is 113 Å². The van der Waals surface area contributed by atoms with Crippen LogP contribution in [0.25, 0.3) is 0 Å². The quantitative estimate of drug-likeness (QED) is 0.855. The summed E-state index contributed by atoms with van der Waals surface area (Å²) in [5.74, 6) is -0.144. The zero-order valence-corrected chi connectivity index (χ0v) is 11.3. The Kier molecular flexibility index (Phi) is 4.16. The highest BCUT2D eigenvalue weighted by molar-refractivity contribution is 6.15. The average molecular weight is 261 g/mol. The van der Waals surface area contributed by atoms with Crippen LogP contribution in [-0.2, 0) is 17.6 Å². The van der Waals surface area contributed by atoms with Gasteiger partial charge in [-0.3, -0.25) is 4.79 Å². The molecule has 102 valence electrons. The minimum atomic E-state index is -0.367. The van der Waals surface area contributed by atoms with E-state index in [0.717, 1.165) is 18.5 Å². The molecule has 1 aromatic carbocycles. The van der Waals surface area contributed by atoms with Gasteiger partial charge in [-0.15, -0.1) is 0 Å². The molecule has 2 rings (SSSR count). The van der Waals surface area contributed by atoms with Crippen molar-refractivity contribution in [3.63, 3.8) is 0 Å². The summed E-state index contributed by atoms with van der Waals surface area (Å²) in [6.45, 7) is 0.914. The van der Waals surface area contributed by atoms with E-state index in [1.807, 2.05) is 19.2 Å². The minimum absolute atomic E-state index is 0.144. The minimum Gasteiger partial charge on any atom is -0.340 e. The van der Waals surface area contributed by atoms with E-state index in [4.69, 9.17) is 0 Å². The van der Waals surface area contributed by atoms with Gasteiger partial charge in [-0.2, -0.15) is 0 Å². The fraction of sp³-hybridized carbons (Fsp3) is 0.429. The Hall–Kier alpha value is -1.88. The van der Waals surface area contributed by atoms with Gasteiger partial charge >= 0.3 is 6.03 Å². The van der Waals surface area contributed by atoms with Gasteiger partial charge in [0.2, 0.25) is 5.91 Å². The molecule has 0 atom stereocenters. The number of anilines is 1. The number of nitrogens with one attached hydrogen (secondary N) is 2. The first kappa shape index (κ1) is 13.5. The van der Waals surface area contributed by atoms with Crippen molar-refractivity contribution in [1.82, 2.24) is 10.6 Å². The van der Waals surface area contributed by atoms with Gasteiger partial charge in [-0.25, -0.2) is 9.69 Å². The molecule has 0 unspecified atom stereocenters. The largest absolute Gasteiger partial charge is 0.340 e. The van der Waals surface area contributed by atoms with E-state index in [9.17, 15) is 9.59 Å². The Morgan fingerprint density at radius 1 is 1.32 bits per heavy atom. The van der Waals surface area contributed by atoms with Crippen molar-refractivity contribution in [1.29, 1.82) is 0 Å². The fourth-order valence-electron chi connectivity index (χ4n) is 2.30. The van der Waals surface area contributed by atoms with E-state index in [1.54, 1.807) is 0 Å². The predicted molar refractivity (Wildman–Crippen MR) is 74.3 cm³/mol. The average Bonchev–Trinajstić information content (AvgIpc) is 2.44. The van der Waals surface area contributed by atoms with Gasteiger partial charge in [0.15, 0.2) is 0 Å². The number of fused-ring (bicyclic) bond motifs is 1. The highest BCUT2D eigenvalue weighted by Gasteiger charge is 2.28. The van der Waals surface area contributed by atoms with Gasteiger partial charge < -0.3 is 10.6 Å². The molecule has 1 aliphatic rings. The predicted octanol–water partition coefficient (Wildman–Crippen LogP) is 1.07. The molecule has 1 heterocycles. The summed E-state index contributed by atoms with van der Waals surface area (Å²) >= 11 is 0. The standard InChI is InChI=1S/C14H19N3O2/c1-15-8-7-10-3-5-12-11(9-10)4-6-13(18)17(12)14(19)16-2/h3,5,9,15H,4,6-8H2,1-2H3,(H,16,19). The van der Waals surface area contributed by atoms with Gasteiger partial charge in [0.1, 0.15) is 0 Å². The second kappa shape index (κ2) is 5.84. The lowest BCUT2D eigenvalue weighted by Gasteiger charge is -2.27. The molecule has 0 aromatic heterocycles. The Morgan fingerprint density at radius 3 is 2.79 bits per heavy atom. The molecule has 5 nitrogen and oxygen atoms in total. The van der Waals surface area contributed by atoms with Crippen molar-refractivity contribution in [2.45, 2.75) is 19.3 Å². The first-order valence-corrected chi connectivity index (χ1v) is 6.48. The number of hydrogen-bond donors (Lipinski definition) is 2. The van der Waals surface area contributed by atoms with Crippen LogP contribution in [0, 0.1) is 0 Å². The summed E-state index contributed by atoms with van der Waals surface area (Å²) in [5.41, 5.74) is 3.00. The molecule has 0 bridgehead atoms. The lowest BCUT2D eigenvalue weighted by Crippen LogP contribution is -2.45. The second-order valence-electron chi connectivity index (χ2n) is 4.60. The van der Waals surface area contributed by atoms with E-state index in [1.165, 1.54) is 17.5 Å². The van der Waals surface area contributed by atoms with Crippen molar-refractivity contribution in [3.05, 3.63) is 29.3 Å². The van der Waals surface area contributed by atoms with Crippen LogP contribution >= 0.6 is 0 Å². The van der Waals surface area contributed by atoms with Crippen molar-refractivity contribution in [3.8, 4) is 0 Å². The monoisotopic (exact) mass is 261 g/mol. The number of carbonyl (C=O) groups is 2. The van der Waals surface area contributed by atoms with Crippen molar-refractivity contribution in [2.75, 3.05) is 25.5 Å².